The maximum Gasteiger partial charge on any atom is 0.204 e. The molecule has 0 aliphatic heterocycles. The van der Waals surface area contributed by atoms with Gasteiger partial charge in [-0.1, -0.05) is 16.8 Å². The largest absolute Gasteiger partial charge is 0.452 e. The molecule has 2 rings (SSSR count). The minimum absolute atomic E-state index is 0.133. The first-order chi connectivity index (χ1) is 6.20. The molecular formula is C7H4Cl2N2O2. The highest BCUT2D eigenvalue weighted by Crippen LogP contribution is 2.36. The Kier molecular flexibility index (Phi) is 1.94. The van der Waals surface area contributed by atoms with Gasteiger partial charge in [0, 0.05) is 0 Å². The van der Waals surface area contributed by atoms with E-state index in [4.69, 9.17) is 37.9 Å². The van der Waals surface area contributed by atoms with Gasteiger partial charge in [0.1, 0.15) is 5.02 Å². The van der Waals surface area contributed by atoms with Crippen molar-refractivity contribution in [2.45, 2.75) is 0 Å². The number of aromatic nitrogens is 1. The highest BCUT2D eigenvalue weighted by Gasteiger charge is 2.17. The van der Waals surface area contributed by atoms with Gasteiger partial charge in [-0.2, -0.15) is 0 Å². The lowest BCUT2D eigenvalue weighted by atomic mass is 10.2. The smallest absolute Gasteiger partial charge is 0.204 e. The van der Waals surface area contributed by atoms with E-state index in [1.807, 2.05) is 0 Å². The van der Waals surface area contributed by atoms with Crippen LogP contribution in [0.3, 0.4) is 0 Å². The first-order valence-electron chi connectivity index (χ1n) is 3.34. The number of rotatable bonds is 1. The Morgan fingerprint density at radius 3 is 2.62 bits per heavy atom. The van der Waals surface area contributed by atoms with E-state index in [1.165, 1.54) is 6.26 Å². The van der Waals surface area contributed by atoms with Crippen molar-refractivity contribution in [3.8, 4) is 11.3 Å². The number of hydrogen-bond donors (Lipinski definition) is 1. The molecule has 0 atom stereocenters. The predicted octanol–water partition coefficient (Wildman–Crippen LogP) is 2.82. The van der Waals surface area contributed by atoms with E-state index in [-0.39, 0.29) is 16.1 Å². The summed E-state index contributed by atoms with van der Waals surface area (Å²) in [6.45, 7) is 0. The van der Waals surface area contributed by atoms with Gasteiger partial charge in [0.15, 0.2) is 11.6 Å². The van der Waals surface area contributed by atoms with Crippen molar-refractivity contribution in [2.75, 3.05) is 5.73 Å². The Morgan fingerprint density at radius 2 is 2.15 bits per heavy atom. The van der Waals surface area contributed by atoms with Crippen LogP contribution in [0.2, 0.25) is 10.2 Å². The lowest BCUT2D eigenvalue weighted by Crippen LogP contribution is -1.82. The fraction of sp³-hybridized carbons (Fsp3) is 0. The van der Waals surface area contributed by atoms with Gasteiger partial charge in [-0.25, -0.2) is 0 Å². The zero-order chi connectivity index (χ0) is 9.42. The van der Waals surface area contributed by atoms with E-state index < -0.39 is 0 Å². The first-order valence-corrected chi connectivity index (χ1v) is 4.09. The second kappa shape index (κ2) is 2.97. The third-order valence-electron chi connectivity index (χ3n) is 1.52. The normalized spacial score (nSPS) is 10.6. The summed E-state index contributed by atoms with van der Waals surface area (Å²) in [6.07, 6.45) is 1.42. The van der Waals surface area contributed by atoms with Crippen LogP contribution in [0.1, 0.15) is 0 Å². The molecule has 13 heavy (non-hydrogen) atoms. The van der Waals surface area contributed by atoms with Crippen molar-refractivity contribution in [1.82, 2.24) is 5.16 Å². The molecular weight excluding hydrogens is 215 g/mol. The van der Waals surface area contributed by atoms with Gasteiger partial charge < -0.3 is 14.7 Å². The van der Waals surface area contributed by atoms with Gasteiger partial charge in [0.05, 0.1) is 11.8 Å². The summed E-state index contributed by atoms with van der Waals surface area (Å²) in [5.74, 6) is 0.451. The highest BCUT2D eigenvalue weighted by atomic mass is 35.5. The third kappa shape index (κ3) is 1.28. The van der Waals surface area contributed by atoms with Gasteiger partial charge >= 0.3 is 0 Å². The lowest BCUT2D eigenvalue weighted by Gasteiger charge is -1.89. The SMILES string of the molecule is Nc1noc(-c2ccoc2Cl)c1Cl. The molecule has 2 aromatic heterocycles. The number of nitrogens with zero attached hydrogens (tertiary/aromatic N) is 1. The Morgan fingerprint density at radius 1 is 1.38 bits per heavy atom. The van der Waals surface area contributed by atoms with E-state index in [0.717, 1.165) is 0 Å². The monoisotopic (exact) mass is 218 g/mol. The van der Waals surface area contributed by atoms with E-state index in [1.54, 1.807) is 6.07 Å². The van der Waals surface area contributed by atoms with Gasteiger partial charge in [0.25, 0.3) is 0 Å². The van der Waals surface area contributed by atoms with Gasteiger partial charge in [0.2, 0.25) is 5.22 Å². The molecule has 0 bridgehead atoms. The maximum absolute atomic E-state index is 5.79. The van der Waals surface area contributed by atoms with Crippen LogP contribution in [0.15, 0.2) is 21.3 Å². The molecule has 0 saturated heterocycles. The van der Waals surface area contributed by atoms with Crippen molar-refractivity contribution in [3.05, 3.63) is 22.6 Å². The van der Waals surface area contributed by atoms with Gasteiger partial charge in [-0.05, 0) is 17.7 Å². The maximum atomic E-state index is 5.79. The van der Waals surface area contributed by atoms with Crippen molar-refractivity contribution in [1.29, 1.82) is 0 Å². The number of halogens is 2. The number of hydrogen-bond acceptors (Lipinski definition) is 4. The molecule has 4 nitrogen and oxygen atoms in total. The summed E-state index contributed by atoms with van der Waals surface area (Å²) >= 11 is 11.5. The topological polar surface area (TPSA) is 65.2 Å². The fourth-order valence-electron chi connectivity index (χ4n) is 0.914. The molecule has 6 heteroatoms. The number of anilines is 1. The molecule has 0 aromatic carbocycles. The van der Waals surface area contributed by atoms with Crippen LogP contribution in [-0.2, 0) is 0 Å². The van der Waals surface area contributed by atoms with Crippen molar-refractivity contribution in [2.24, 2.45) is 0 Å². The molecule has 0 saturated carbocycles. The summed E-state index contributed by atoms with van der Waals surface area (Å²) in [6, 6.07) is 1.62. The number of nitrogens with two attached hydrogens (primary N) is 1. The minimum Gasteiger partial charge on any atom is -0.452 e. The molecule has 0 unspecified atom stereocenters. The van der Waals surface area contributed by atoms with Crippen LogP contribution in [0, 0.1) is 0 Å². The van der Waals surface area contributed by atoms with Crippen LogP contribution in [0.25, 0.3) is 11.3 Å². The highest BCUT2D eigenvalue weighted by molar-refractivity contribution is 6.36. The molecule has 0 aliphatic carbocycles. The Labute approximate surface area is 83.2 Å². The average Bonchev–Trinajstić information content (AvgIpc) is 2.62. The summed E-state index contributed by atoms with van der Waals surface area (Å²) in [7, 11) is 0. The first kappa shape index (κ1) is 8.47. The quantitative estimate of drug-likeness (QED) is 0.800. The standard InChI is InChI=1S/C7H4Cl2N2O2/c8-4-5(13-11-7(4)10)3-1-2-12-6(3)9/h1-2H,(H2,10,11). The summed E-state index contributed by atoms with van der Waals surface area (Å²) < 4.78 is 9.73. The zero-order valence-electron chi connectivity index (χ0n) is 6.25. The van der Waals surface area contributed by atoms with E-state index in [2.05, 4.69) is 5.16 Å². The molecule has 0 radical (unpaired) electrons. The summed E-state index contributed by atoms with van der Waals surface area (Å²) in [5.41, 5.74) is 5.92. The second-order valence-corrected chi connectivity index (χ2v) is 3.04. The van der Waals surface area contributed by atoms with Crippen LogP contribution >= 0.6 is 23.2 Å². The van der Waals surface area contributed by atoms with Gasteiger partial charge in [-0.15, -0.1) is 0 Å². The van der Waals surface area contributed by atoms with Crippen LogP contribution in [0.5, 0.6) is 0 Å². The number of nitrogen functional groups attached to an aromatic ring is 1. The Balaban J connectivity index is 2.59. The zero-order valence-corrected chi connectivity index (χ0v) is 7.76. The molecule has 68 valence electrons. The molecule has 2 N–H and O–H groups in total. The van der Waals surface area contributed by atoms with Crippen LogP contribution in [-0.4, -0.2) is 5.16 Å². The molecule has 0 aliphatic rings. The third-order valence-corrected chi connectivity index (χ3v) is 2.18. The summed E-state index contributed by atoms with van der Waals surface area (Å²) in [5, 5.41) is 3.92. The van der Waals surface area contributed by atoms with Gasteiger partial charge in [-0.3, -0.25) is 0 Å². The summed E-state index contributed by atoms with van der Waals surface area (Å²) in [4.78, 5) is 0. The molecule has 0 spiro atoms. The lowest BCUT2D eigenvalue weighted by molar-refractivity contribution is 0.435. The molecule has 0 fully saturated rings. The molecule has 0 amide bonds. The Bertz CT molecular complexity index is 435. The Hall–Kier alpha value is -1.13. The average molecular weight is 219 g/mol. The van der Waals surface area contributed by atoms with E-state index in [0.29, 0.717) is 11.3 Å². The van der Waals surface area contributed by atoms with E-state index >= 15 is 0 Å². The van der Waals surface area contributed by atoms with Crippen LogP contribution in [0.4, 0.5) is 5.82 Å². The van der Waals surface area contributed by atoms with E-state index in [9.17, 15) is 0 Å². The van der Waals surface area contributed by atoms with Crippen LogP contribution < -0.4 is 5.73 Å². The molecule has 2 heterocycles. The van der Waals surface area contributed by atoms with Crippen molar-refractivity contribution < 1.29 is 8.94 Å². The van der Waals surface area contributed by atoms with Crippen molar-refractivity contribution in [3.63, 3.8) is 0 Å². The minimum atomic E-state index is 0.133. The predicted molar refractivity (Wildman–Crippen MR) is 48.6 cm³/mol. The fourth-order valence-corrected chi connectivity index (χ4v) is 1.29. The number of furan rings is 1. The second-order valence-electron chi connectivity index (χ2n) is 2.32. The molecule has 2 aromatic rings. The van der Waals surface area contributed by atoms with Crippen molar-refractivity contribution >= 4 is 29.0 Å².